The van der Waals surface area contributed by atoms with Crippen molar-refractivity contribution in [1.29, 1.82) is 0 Å². The molecular formula is C12H11ClN4O3. The standard InChI is InChI=1S/C12H11ClN4O3/c1-2-20-12(19)10-9(15-17-16-10)11(18)7-4-3-6(13)5-8(7)14/h3-5H,2,14H2,1H3,(H,15,16,17). The molecule has 0 saturated carbocycles. The van der Waals surface area contributed by atoms with E-state index in [0.717, 1.165) is 0 Å². The average Bonchev–Trinajstić information content (AvgIpc) is 2.87. The van der Waals surface area contributed by atoms with E-state index in [1.165, 1.54) is 18.2 Å². The van der Waals surface area contributed by atoms with Crippen LogP contribution in [0.25, 0.3) is 0 Å². The molecule has 0 aliphatic carbocycles. The summed E-state index contributed by atoms with van der Waals surface area (Å²) in [5.41, 5.74) is 5.80. The lowest BCUT2D eigenvalue weighted by Crippen LogP contribution is -2.13. The number of nitrogen functional groups attached to an aromatic ring is 1. The first kappa shape index (κ1) is 14.0. The van der Waals surface area contributed by atoms with Crippen LogP contribution in [0.4, 0.5) is 5.69 Å². The van der Waals surface area contributed by atoms with Crippen molar-refractivity contribution in [3.05, 3.63) is 40.2 Å². The van der Waals surface area contributed by atoms with Gasteiger partial charge in [0, 0.05) is 16.3 Å². The first-order chi connectivity index (χ1) is 9.54. The molecule has 7 nitrogen and oxygen atoms in total. The fraction of sp³-hybridized carbons (Fsp3) is 0.167. The zero-order chi connectivity index (χ0) is 14.7. The molecule has 0 aliphatic heterocycles. The molecule has 104 valence electrons. The molecule has 2 rings (SSSR count). The molecule has 0 atom stereocenters. The molecule has 0 amide bonds. The molecule has 0 unspecified atom stereocenters. The number of halogens is 1. The van der Waals surface area contributed by atoms with Crippen LogP contribution in [0.15, 0.2) is 18.2 Å². The lowest BCUT2D eigenvalue weighted by Gasteiger charge is -2.04. The molecule has 0 bridgehead atoms. The fourth-order valence-corrected chi connectivity index (χ4v) is 1.78. The zero-order valence-corrected chi connectivity index (χ0v) is 11.3. The van der Waals surface area contributed by atoms with E-state index in [0.29, 0.717) is 5.02 Å². The van der Waals surface area contributed by atoms with E-state index >= 15 is 0 Å². The van der Waals surface area contributed by atoms with Crippen molar-refractivity contribution in [2.24, 2.45) is 0 Å². The number of H-pyrrole nitrogens is 1. The third-order valence-corrected chi connectivity index (χ3v) is 2.73. The summed E-state index contributed by atoms with van der Waals surface area (Å²) in [7, 11) is 0. The second kappa shape index (κ2) is 5.70. The molecule has 0 spiro atoms. The van der Waals surface area contributed by atoms with Crippen LogP contribution in [0.3, 0.4) is 0 Å². The predicted octanol–water partition coefficient (Wildman–Crippen LogP) is 1.45. The summed E-state index contributed by atoms with van der Waals surface area (Å²) in [5.74, 6) is -1.26. The Morgan fingerprint density at radius 2 is 2.05 bits per heavy atom. The largest absolute Gasteiger partial charge is 0.461 e. The first-order valence-electron chi connectivity index (χ1n) is 5.72. The van der Waals surface area contributed by atoms with E-state index in [1.54, 1.807) is 6.92 Å². The maximum atomic E-state index is 12.3. The van der Waals surface area contributed by atoms with Crippen LogP contribution in [0.1, 0.15) is 33.5 Å². The van der Waals surface area contributed by atoms with Gasteiger partial charge in [-0.2, -0.15) is 10.3 Å². The van der Waals surface area contributed by atoms with Crippen LogP contribution < -0.4 is 5.73 Å². The summed E-state index contributed by atoms with van der Waals surface area (Å²) < 4.78 is 4.80. The summed E-state index contributed by atoms with van der Waals surface area (Å²) in [6.45, 7) is 1.82. The van der Waals surface area contributed by atoms with Gasteiger partial charge in [0.05, 0.1) is 6.61 Å². The van der Waals surface area contributed by atoms with Crippen molar-refractivity contribution < 1.29 is 14.3 Å². The zero-order valence-electron chi connectivity index (χ0n) is 10.5. The smallest absolute Gasteiger partial charge is 0.361 e. The van der Waals surface area contributed by atoms with Gasteiger partial charge in [0.2, 0.25) is 11.5 Å². The van der Waals surface area contributed by atoms with E-state index in [9.17, 15) is 9.59 Å². The summed E-state index contributed by atoms with van der Waals surface area (Å²) >= 11 is 5.77. The van der Waals surface area contributed by atoms with Gasteiger partial charge in [0.15, 0.2) is 5.69 Å². The Kier molecular flexibility index (Phi) is 3.99. The maximum Gasteiger partial charge on any atom is 0.361 e. The molecule has 0 aliphatic rings. The highest BCUT2D eigenvalue weighted by Crippen LogP contribution is 2.21. The molecule has 20 heavy (non-hydrogen) atoms. The van der Waals surface area contributed by atoms with Gasteiger partial charge in [0.1, 0.15) is 0 Å². The van der Waals surface area contributed by atoms with Crippen molar-refractivity contribution in [2.45, 2.75) is 6.92 Å². The van der Waals surface area contributed by atoms with Gasteiger partial charge >= 0.3 is 5.97 Å². The highest BCUT2D eigenvalue weighted by atomic mass is 35.5. The van der Waals surface area contributed by atoms with Crippen LogP contribution in [0.2, 0.25) is 5.02 Å². The second-order valence-electron chi connectivity index (χ2n) is 3.80. The van der Waals surface area contributed by atoms with Gasteiger partial charge in [-0.25, -0.2) is 4.79 Å². The molecule has 1 heterocycles. The van der Waals surface area contributed by atoms with Gasteiger partial charge in [-0.05, 0) is 25.1 Å². The number of hydrogen-bond donors (Lipinski definition) is 2. The van der Waals surface area contributed by atoms with Gasteiger partial charge in [-0.1, -0.05) is 11.6 Å². The number of nitrogens with zero attached hydrogens (tertiary/aromatic N) is 2. The van der Waals surface area contributed by atoms with Crippen LogP contribution in [0, 0.1) is 0 Å². The summed E-state index contributed by atoms with van der Waals surface area (Å²) in [6.07, 6.45) is 0. The molecule has 0 radical (unpaired) electrons. The number of hydrogen-bond acceptors (Lipinski definition) is 6. The van der Waals surface area contributed by atoms with Crippen LogP contribution in [-0.2, 0) is 4.74 Å². The van der Waals surface area contributed by atoms with Gasteiger partial charge in [0.25, 0.3) is 0 Å². The van der Waals surface area contributed by atoms with E-state index < -0.39 is 11.8 Å². The van der Waals surface area contributed by atoms with Crippen LogP contribution in [0.5, 0.6) is 0 Å². The summed E-state index contributed by atoms with van der Waals surface area (Å²) in [6, 6.07) is 4.43. The number of ketones is 1. The number of aromatic nitrogens is 3. The van der Waals surface area contributed by atoms with Gasteiger partial charge < -0.3 is 10.5 Å². The van der Waals surface area contributed by atoms with Crippen molar-refractivity contribution in [1.82, 2.24) is 15.4 Å². The number of anilines is 1. The second-order valence-corrected chi connectivity index (χ2v) is 4.24. The average molecular weight is 295 g/mol. The monoisotopic (exact) mass is 294 g/mol. The highest BCUT2D eigenvalue weighted by Gasteiger charge is 2.25. The molecule has 1 aromatic heterocycles. The number of benzene rings is 1. The van der Waals surface area contributed by atoms with Crippen molar-refractivity contribution in [3.63, 3.8) is 0 Å². The lowest BCUT2D eigenvalue weighted by molar-refractivity contribution is 0.0516. The number of nitrogens with one attached hydrogen (secondary N) is 1. The lowest BCUT2D eigenvalue weighted by atomic mass is 10.1. The minimum atomic E-state index is -0.725. The molecule has 0 fully saturated rings. The Morgan fingerprint density at radius 3 is 2.70 bits per heavy atom. The Hall–Kier alpha value is -2.41. The Balaban J connectivity index is 2.39. The van der Waals surface area contributed by atoms with Gasteiger partial charge in [-0.15, -0.1) is 5.10 Å². The molecular weight excluding hydrogens is 284 g/mol. The number of carbonyl (C=O) groups is 2. The molecule has 0 saturated heterocycles. The minimum absolute atomic E-state index is 0.141. The maximum absolute atomic E-state index is 12.3. The molecule has 8 heteroatoms. The first-order valence-corrected chi connectivity index (χ1v) is 6.10. The summed E-state index contributed by atoms with van der Waals surface area (Å²) in [5, 5.41) is 9.95. The molecule has 1 aromatic carbocycles. The number of esters is 1. The minimum Gasteiger partial charge on any atom is -0.461 e. The van der Waals surface area contributed by atoms with E-state index in [4.69, 9.17) is 22.1 Å². The van der Waals surface area contributed by atoms with Gasteiger partial charge in [-0.3, -0.25) is 4.79 Å². The van der Waals surface area contributed by atoms with Crippen molar-refractivity contribution in [3.8, 4) is 0 Å². The van der Waals surface area contributed by atoms with Crippen molar-refractivity contribution >= 4 is 29.0 Å². The number of nitrogens with two attached hydrogens (primary N) is 1. The number of rotatable bonds is 4. The third-order valence-electron chi connectivity index (χ3n) is 2.49. The topological polar surface area (TPSA) is 111 Å². The SMILES string of the molecule is CCOC(=O)c1n[nH]nc1C(=O)c1ccc(Cl)cc1N. The quantitative estimate of drug-likeness (QED) is 0.501. The van der Waals surface area contributed by atoms with E-state index in [-0.39, 0.29) is 29.2 Å². The Morgan fingerprint density at radius 1 is 1.35 bits per heavy atom. The van der Waals surface area contributed by atoms with Crippen LogP contribution >= 0.6 is 11.6 Å². The third kappa shape index (κ3) is 2.62. The summed E-state index contributed by atoms with van der Waals surface area (Å²) in [4.78, 5) is 24.0. The Bertz CT molecular complexity index is 668. The number of ether oxygens (including phenoxy) is 1. The molecule has 3 N–H and O–H groups in total. The highest BCUT2D eigenvalue weighted by molar-refractivity contribution is 6.31. The number of aromatic amines is 1. The van der Waals surface area contributed by atoms with E-state index in [2.05, 4.69) is 15.4 Å². The number of carbonyl (C=O) groups excluding carboxylic acids is 2. The Labute approximate surface area is 119 Å². The normalized spacial score (nSPS) is 10.3. The van der Waals surface area contributed by atoms with Crippen LogP contribution in [-0.4, -0.2) is 33.8 Å². The van der Waals surface area contributed by atoms with E-state index in [1.807, 2.05) is 0 Å². The van der Waals surface area contributed by atoms with Crippen molar-refractivity contribution in [2.75, 3.05) is 12.3 Å². The fourth-order valence-electron chi connectivity index (χ4n) is 1.60. The molecule has 2 aromatic rings. The predicted molar refractivity (Wildman–Crippen MR) is 71.6 cm³/mol.